The molecule has 30 heavy (non-hydrogen) atoms. The van der Waals surface area contributed by atoms with E-state index in [1.54, 1.807) is 0 Å². The average molecular weight is 421 g/mol. The van der Waals surface area contributed by atoms with E-state index < -0.39 is 0 Å². The van der Waals surface area contributed by atoms with E-state index in [2.05, 4.69) is 41.5 Å². The zero-order valence-electron chi connectivity index (χ0n) is 21.7. The first-order chi connectivity index (χ1) is 14.5. The van der Waals surface area contributed by atoms with E-state index >= 15 is 0 Å². The van der Waals surface area contributed by atoms with E-state index in [0.717, 1.165) is 36.0 Å². The van der Waals surface area contributed by atoms with Crippen LogP contribution in [0, 0.1) is 11.8 Å². The number of likely N-dealkylation sites (tertiary alicyclic amines) is 2. The maximum absolute atomic E-state index is 2.50. The first-order valence-corrected chi connectivity index (χ1v) is 14.2. The molecule has 2 heteroatoms. The average Bonchev–Trinajstić information content (AvgIpc) is 2.80. The molecule has 2 aliphatic heterocycles. The van der Waals surface area contributed by atoms with E-state index in [4.69, 9.17) is 0 Å². The lowest BCUT2D eigenvalue weighted by Crippen LogP contribution is -2.65. The Morgan fingerprint density at radius 2 is 0.800 bits per heavy atom. The van der Waals surface area contributed by atoms with Gasteiger partial charge in [-0.2, -0.15) is 0 Å². The van der Waals surface area contributed by atoms with Gasteiger partial charge in [-0.25, -0.2) is 0 Å². The van der Waals surface area contributed by atoms with Gasteiger partial charge in [-0.05, 0) is 106 Å². The highest BCUT2D eigenvalue weighted by Crippen LogP contribution is 2.43. The fraction of sp³-hybridized carbons (Fsp3) is 1.00. The number of fused-ring (bicyclic) bond motifs is 2. The standard InChI is InChI=1S/2C14H28N/c2*1-4-15(5-2)12(3)10-11-13-8-6-7-9-14(13)15/h2*12-14H,4-11H2,1-3H3/q2*+1. The third-order valence-electron chi connectivity index (χ3n) is 11.1. The van der Waals surface area contributed by atoms with Gasteiger partial charge in [0.2, 0.25) is 0 Å². The van der Waals surface area contributed by atoms with Crippen LogP contribution in [0.5, 0.6) is 0 Å². The van der Waals surface area contributed by atoms with Crippen molar-refractivity contribution in [2.75, 3.05) is 26.2 Å². The van der Waals surface area contributed by atoms with Gasteiger partial charge in [0.1, 0.15) is 0 Å². The molecule has 2 heterocycles. The number of rotatable bonds is 4. The van der Waals surface area contributed by atoms with Gasteiger partial charge in [-0.3, -0.25) is 0 Å². The second kappa shape index (κ2) is 10.7. The van der Waals surface area contributed by atoms with E-state index in [1.807, 2.05) is 0 Å². The maximum atomic E-state index is 2.50. The second-order valence-electron chi connectivity index (χ2n) is 11.5. The molecule has 6 atom stereocenters. The Hall–Kier alpha value is -0.0800. The SMILES string of the molecule is CC[N+]1(CC)C(C)CCC2CCCCC21.CC[N+]1(CC)C(C)CCC2CCCCC21. The van der Waals surface area contributed by atoms with Gasteiger partial charge in [0, 0.05) is 11.8 Å². The molecule has 0 bridgehead atoms. The van der Waals surface area contributed by atoms with Gasteiger partial charge >= 0.3 is 0 Å². The highest BCUT2D eigenvalue weighted by atomic mass is 15.4. The lowest BCUT2D eigenvalue weighted by molar-refractivity contribution is -0.978. The molecule has 2 nitrogen and oxygen atoms in total. The van der Waals surface area contributed by atoms with Crippen LogP contribution in [0.15, 0.2) is 0 Å². The van der Waals surface area contributed by atoms with Crippen LogP contribution in [0.1, 0.15) is 119 Å². The van der Waals surface area contributed by atoms with Crippen LogP contribution in [0.25, 0.3) is 0 Å². The van der Waals surface area contributed by atoms with Crippen molar-refractivity contribution in [2.24, 2.45) is 11.8 Å². The fourth-order valence-electron chi connectivity index (χ4n) is 9.11. The van der Waals surface area contributed by atoms with Crippen molar-refractivity contribution in [3.05, 3.63) is 0 Å². The van der Waals surface area contributed by atoms with Gasteiger partial charge in [-0.1, -0.05) is 12.8 Å². The first kappa shape index (κ1) is 24.6. The predicted molar refractivity (Wildman–Crippen MR) is 132 cm³/mol. The van der Waals surface area contributed by atoms with Crippen molar-refractivity contribution < 1.29 is 8.97 Å². The summed E-state index contributed by atoms with van der Waals surface area (Å²) in [5, 5.41) is 0. The normalized spacial score (nSPS) is 39.8. The topological polar surface area (TPSA) is 0 Å². The molecule has 0 spiro atoms. The Balaban J connectivity index is 0.000000171. The van der Waals surface area contributed by atoms with Gasteiger partial charge < -0.3 is 8.97 Å². The summed E-state index contributed by atoms with van der Waals surface area (Å²) >= 11 is 0. The van der Waals surface area contributed by atoms with Gasteiger partial charge in [0.05, 0.1) is 50.3 Å². The summed E-state index contributed by atoms with van der Waals surface area (Å²) in [5.74, 6) is 2.13. The fourth-order valence-corrected chi connectivity index (χ4v) is 9.11. The lowest BCUT2D eigenvalue weighted by Gasteiger charge is -2.55. The Morgan fingerprint density at radius 1 is 0.467 bits per heavy atom. The van der Waals surface area contributed by atoms with E-state index in [-0.39, 0.29) is 0 Å². The zero-order chi connectivity index (χ0) is 21.8. The molecule has 0 aromatic carbocycles. The van der Waals surface area contributed by atoms with Crippen molar-refractivity contribution in [1.82, 2.24) is 0 Å². The summed E-state index contributed by atoms with van der Waals surface area (Å²) in [6, 6.07) is 3.86. The van der Waals surface area contributed by atoms with Crippen molar-refractivity contribution in [2.45, 2.75) is 143 Å². The third kappa shape index (κ3) is 4.39. The molecule has 6 unspecified atom stereocenters. The Labute approximate surface area is 190 Å². The van der Waals surface area contributed by atoms with Crippen LogP contribution < -0.4 is 0 Å². The summed E-state index contributed by atoms with van der Waals surface area (Å²) in [5.41, 5.74) is 0. The van der Waals surface area contributed by atoms with Gasteiger partial charge in [0.15, 0.2) is 0 Å². The predicted octanol–water partition coefficient (Wildman–Crippen LogP) is 7.17. The van der Waals surface area contributed by atoms with Crippen molar-refractivity contribution in [3.63, 3.8) is 0 Å². The molecule has 4 fully saturated rings. The molecule has 0 N–H and O–H groups in total. The number of hydrogen-bond acceptors (Lipinski definition) is 0. The molecule has 0 aromatic heterocycles. The molecule has 0 aromatic rings. The summed E-state index contributed by atoms with van der Waals surface area (Å²) in [4.78, 5) is 0. The largest absolute Gasteiger partial charge is 0.319 e. The Kier molecular flexibility index (Phi) is 8.75. The van der Waals surface area contributed by atoms with Crippen molar-refractivity contribution in [3.8, 4) is 0 Å². The molecule has 176 valence electrons. The van der Waals surface area contributed by atoms with E-state index in [0.29, 0.717) is 0 Å². The van der Waals surface area contributed by atoms with Gasteiger partial charge in [-0.15, -0.1) is 0 Å². The van der Waals surface area contributed by atoms with Crippen molar-refractivity contribution >= 4 is 0 Å². The highest BCUT2D eigenvalue weighted by molar-refractivity contribution is 4.84. The number of hydrogen-bond donors (Lipinski definition) is 0. The highest BCUT2D eigenvalue weighted by Gasteiger charge is 2.48. The molecule has 2 saturated heterocycles. The second-order valence-corrected chi connectivity index (χ2v) is 11.5. The Morgan fingerprint density at radius 3 is 1.13 bits per heavy atom. The molecule has 0 amide bonds. The van der Waals surface area contributed by atoms with Gasteiger partial charge in [0.25, 0.3) is 0 Å². The molecular formula is C28H56N2+2. The summed E-state index contributed by atoms with van der Waals surface area (Å²) < 4.78 is 2.87. The van der Waals surface area contributed by atoms with Crippen LogP contribution in [-0.4, -0.2) is 59.3 Å². The number of nitrogens with zero attached hydrogens (tertiary/aromatic N) is 2. The van der Waals surface area contributed by atoms with E-state index in [1.165, 1.54) is 112 Å². The smallest absolute Gasteiger partial charge is 0.0920 e. The van der Waals surface area contributed by atoms with Crippen LogP contribution in [0.3, 0.4) is 0 Å². The zero-order valence-corrected chi connectivity index (χ0v) is 21.7. The van der Waals surface area contributed by atoms with Crippen LogP contribution in [-0.2, 0) is 0 Å². The Bertz CT molecular complexity index is 461. The molecule has 4 aliphatic rings. The molecule has 2 saturated carbocycles. The monoisotopic (exact) mass is 420 g/mol. The minimum Gasteiger partial charge on any atom is -0.319 e. The number of piperidine rings is 2. The van der Waals surface area contributed by atoms with Crippen LogP contribution in [0.4, 0.5) is 0 Å². The third-order valence-corrected chi connectivity index (χ3v) is 11.1. The van der Waals surface area contributed by atoms with Crippen molar-refractivity contribution in [1.29, 1.82) is 0 Å². The molecule has 0 radical (unpaired) electrons. The summed E-state index contributed by atoms with van der Waals surface area (Å²) in [6.45, 7) is 20.1. The number of quaternary nitrogens is 2. The molecule has 2 aliphatic carbocycles. The lowest BCUT2D eigenvalue weighted by atomic mass is 9.74. The minimum atomic E-state index is 0.916. The summed E-state index contributed by atoms with van der Waals surface area (Å²) in [7, 11) is 0. The first-order valence-electron chi connectivity index (χ1n) is 14.2. The summed E-state index contributed by atoms with van der Waals surface area (Å²) in [6.07, 6.45) is 18.1. The van der Waals surface area contributed by atoms with Crippen LogP contribution >= 0.6 is 0 Å². The molecule has 4 rings (SSSR count). The molecular weight excluding hydrogens is 364 g/mol. The van der Waals surface area contributed by atoms with Crippen LogP contribution in [0.2, 0.25) is 0 Å². The minimum absolute atomic E-state index is 0.916. The van der Waals surface area contributed by atoms with E-state index in [9.17, 15) is 0 Å². The quantitative estimate of drug-likeness (QED) is 0.423. The maximum Gasteiger partial charge on any atom is 0.0920 e.